The molecule has 3 rings (SSSR count). The van der Waals surface area contributed by atoms with Crippen LogP contribution in [0.3, 0.4) is 0 Å². The van der Waals surface area contributed by atoms with Crippen LogP contribution in [0, 0.1) is 6.92 Å². The van der Waals surface area contributed by atoms with Crippen molar-refractivity contribution in [3.8, 4) is 11.8 Å². The molecule has 0 bridgehead atoms. The topological polar surface area (TPSA) is 71.9 Å². The fourth-order valence-electron chi connectivity index (χ4n) is 5.07. The Morgan fingerprint density at radius 3 is 2.38 bits per heavy atom. The van der Waals surface area contributed by atoms with Crippen LogP contribution in [0.5, 0.6) is 11.8 Å². The minimum Gasteiger partial charge on any atom is -0.481 e. The second-order valence-electron chi connectivity index (χ2n) is 9.11. The van der Waals surface area contributed by atoms with Gasteiger partial charge in [0.25, 0.3) is 5.91 Å². The maximum atomic E-state index is 13.3. The zero-order valence-corrected chi connectivity index (χ0v) is 22.2. The molecular weight excluding hydrogens is 454 g/mol. The minimum absolute atomic E-state index is 0.193. The number of hydrogen-bond acceptors (Lipinski definition) is 6. The number of anilines is 1. The molecule has 1 fully saturated rings. The van der Waals surface area contributed by atoms with E-state index in [-0.39, 0.29) is 12.5 Å². The minimum atomic E-state index is -0.193. The summed E-state index contributed by atoms with van der Waals surface area (Å²) in [5, 5.41) is 7.84. The number of benzene rings is 1. The number of hydrogen-bond donors (Lipinski definition) is 1. The first-order chi connectivity index (χ1) is 16.2. The molecule has 0 spiro atoms. The highest BCUT2D eigenvalue weighted by atomic mass is 35.5. The molecule has 8 nitrogen and oxygen atoms in total. The molecule has 1 N–H and O–H groups in total. The van der Waals surface area contributed by atoms with Crippen molar-refractivity contribution in [3.63, 3.8) is 0 Å². The fourth-order valence-corrected chi connectivity index (χ4v) is 5.29. The Labute approximate surface area is 208 Å². The van der Waals surface area contributed by atoms with E-state index in [0.717, 1.165) is 30.6 Å². The maximum Gasteiger partial charge on any atom is 0.251 e. The van der Waals surface area contributed by atoms with Gasteiger partial charge >= 0.3 is 0 Å². The third kappa shape index (κ3) is 5.44. The Kier molecular flexibility index (Phi) is 8.71. The number of aromatic nitrogens is 2. The SMILES string of the molecule is CCN(c1cc(Cl)cc(C(=O)NCc2c(OC)nn(C)c2OC)c1C)[C@H]1CC[C@H](N(C)C)CC1. The van der Waals surface area contributed by atoms with Crippen LogP contribution in [0.4, 0.5) is 5.69 Å². The Hall–Kier alpha value is -2.45. The van der Waals surface area contributed by atoms with Crippen LogP contribution in [0.2, 0.25) is 5.02 Å². The summed E-state index contributed by atoms with van der Waals surface area (Å²) < 4.78 is 12.4. The second-order valence-corrected chi connectivity index (χ2v) is 9.55. The Balaban J connectivity index is 1.81. The molecule has 1 aliphatic rings. The standard InChI is InChI=1S/C25H38ClN5O3/c1-8-31(19-11-9-18(10-12-19)29(3)4)22-14-17(26)13-20(16(22)2)23(32)27-15-21-24(33-6)28-30(5)25(21)34-7/h13-14,18-19H,8-12,15H2,1-7H3,(H,27,32)/t18-,19-. The van der Waals surface area contributed by atoms with Gasteiger partial charge in [0.2, 0.25) is 11.8 Å². The molecule has 34 heavy (non-hydrogen) atoms. The number of amides is 1. The molecule has 0 unspecified atom stereocenters. The third-order valence-corrected chi connectivity index (χ3v) is 7.16. The van der Waals surface area contributed by atoms with Crippen molar-refractivity contribution in [2.45, 2.75) is 58.2 Å². The molecule has 1 heterocycles. The van der Waals surface area contributed by atoms with Gasteiger partial charge in [0.1, 0.15) is 0 Å². The highest BCUT2D eigenvalue weighted by Gasteiger charge is 2.28. The van der Waals surface area contributed by atoms with Crippen molar-refractivity contribution in [2.24, 2.45) is 7.05 Å². The average molecular weight is 492 g/mol. The molecule has 188 valence electrons. The molecule has 0 aliphatic heterocycles. The maximum absolute atomic E-state index is 13.3. The van der Waals surface area contributed by atoms with Gasteiger partial charge in [-0.05, 0) is 71.3 Å². The van der Waals surface area contributed by atoms with Gasteiger partial charge in [-0.1, -0.05) is 11.6 Å². The predicted octanol–water partition coefficient (Wildman–Crippen LogP) is 4.03. The van der Waals surface area contributed by atoms with E-state index in [1.54, 1.807) is 32.0 Å². The van der Waals surface area contributed by atoms with Gasteiger partial charge in [-0.3, -0.25) is 4.79 Å². The summed E-state index contributed by atoms with van der Waals surface area (Å²) in [5.74, 6) is 0.779. The van der Waals surface area contributed by atoms with Gasteiger partial charge < -0.3 is 24.6 Å². The lowest BCUT2D eigenvalue weighted by Crippen LogP contribution is -2.42. The lowest BCUT2D eigenvalue weighted by molar-refractivity contribution is 0.0950. The van der Waals surface area contributed by atoms with E-state index in [2.05, 4.69) is 41.2 Å². The molecule has 0 atom stereocenters. The van der Waals surface area contributed by atoms with Gasteiger partial charge in [-0.2, -0.15) is 0 Å². The van der Waals surface area contributed by atoms with Crippen LogP contribution < -0.4 is 19.7 Å². The number of nitrogens with one attached hydrogen (secondary N) is 1. The highest BCUT2D eigenvalue weighted by molar-refractivity contribution is 6.31. The average Bonchev–Trinajstić information content (AvgIpc) is 3.14. The zero-order chi connectivity index (χ0) is 25.0. The Morgan fingerprint density at radius 1 is 1.18 bits per heavy atom. The summed E-state index contributed by atoms with van der Waals surface area (Å²) in [7, 11) is 9.20. The van der Waals surface area contributed by atoms with Gasteiger partial charge in [0.05, 0.1) is 26.3 Å². The van der Waals surface area contributed by atoms with Crippen molar-refractivity contribution in [1.29, 1.82) is 0 Å². The lowest BCUT2D eigenvalue weighted by Gasteiger charge is -2.40. The summed E-state index contributed by atoms with van der Waals surface area (Å²) in [6, 6.07) is 4.81. The van der Waals surface area contributed by atoms with Crippen LogP contribution in [-0.2, 0) is 13.6 Å². The molecule has 1 amide bonds. The normalized spacial score (nSPS) is 18.1. The van der Waals surface area contributed by atoms with Crippen molar-refractivity contribution in [3.05, 3.63) is 33.8 Å². The van der Waals surface area contributed by atoms with E-state index in [9.17, 15) is 4.79 Å². The number of carbonyl (C=O) groups excluding carboxylic acids is 1. The van der Waals surface area contributed by atoms with Crippen LogP contribution in [0.1, 0.15) is 54.1 Å². The summed E-state index contributed by atoms with van der Waals surface area (Å²) in [4.78, 5) is 18.0. The first-order valence-electron chi connectivity index (χ1n) is 11.9. The number of halogens is 1. The number of nitrogens with zero attached hydrogens (tertiary/aromatic N) is 4. The van der Waals surface area contributed by atoms with E-state index >= 15 is 0 Å². The van der Waals surface area contributed by atoms with Crippen molar-refractivity contribution in [1.82, 2.24) is 20.0 Å². The van der Waals surface area contributed by atoms with Gasteiger partial charge in [0, 0.05) is 41.9 Å². The number of rotatable bonds is 9. The fraction of sp³-hybridized carbons (Fsp3) is 0.600. The van der Waals surface area contributed by atoms with Gasteiger partial charge in [-0.15, -0.1) is 5.10 Å². The number of aryl methyl sites for hydroxylation is 1. The summed E-state index contributed by atoms with van der Waals surface area (Å²) in [5.41, 5.74) is 3.23. The molecule has 9 heteroatoms. The zero-order valence-electron chi connectivity index (χ0n) is 21.4. The van der Waals surface area contributed by atoms with E-state index in [0.29, 0.717) is 40.0 Å². The first-order valence-corrected chi connectivity index (χ1v) is 12.2. The van der Waals surface area contributed by atoms with Crippen molar-refractivity contribution >= 4 is 23.2 Å². The van der Waals surface area contributed by atoms with E-state index in [4.69, 9.17) is 21.1 Å². The summed E-state index contributed by atoms with van der Waals surface area (Å²) in [6.07, 6.45) is 4.61. The second kappa shape index (κ2) is 11.3. The van der Waals surface area contributed by atoms with Crippen LogP contribution >= 0.6 is 11.6 Å². The van der Waals surface area contributed by atoms with E-state index in [1.807, 2.05) is 13.0 Å². The molecule has 2 aromatic rings. The molecule has 1 aromatic heterocycles. The quantitative estimate of drug-likeness (QED) is 0.571. The molecule has 0 radical (unpaired) electrons. The highest BCUT2D eigenvalue weighted by Crippen LogP contribution is 2.34. The largest absolute Gasteiger partial charge is 0.481 e. The molecule has 1 aliphatic carbocycles. The monoisotopic (exact) mass is 491 g/mol. The van der Waals surface area contributed by atoms with E-state index in [1.165, 1.54) is 12.8 Å². The molecule has 1 aromatic carbocycles. The Morgan fingerprint density at radius 2 is 1.82 bits per heavy atom. The summed E-state index contributed by atoms with van der Waals surface area (Å²) >= 11 is 6.52. The number of ether oxygens (including phenoxy) is 2. The molecule has 1 saturated carbocycles. The first kappa shape index (κ1) is 26.2. The molecule has 0 saturated heterocycles. The van der Waals surface area contributed by atoms with Gasteiger partial charge in [0.15, 0.2) is 0 Å². The number of methoxy groups -OCH3 is 2. The van der Waals surface area contributed by atoms with Crippen LogP contribution in [-0.4, -0.2) is 67.5 Å². The van der Waals surface area contributed by atoms with Gasteiger partial charge in [-0.25, -0.2) is 4.68 Å². The smallest absolute Gasteiger partial charge is 0.251 e. The van der Waals surface area contributed by atoms with E-state index < -0.39 is 0 Å². The number of carbonyl (C=O) groups is 1. The lowest BCUT2D eigenvalue weighted by atomic mass is 9.89. The predicted molar refractivity (Wildman–Crippen MR) is 136 cm³/mol. The van der Waals surface area contributed by atoms with Crippen LogP contribution in [0.25, 0.3) is 0 Å². The third-order valence-electron chi connectivity index (χ3n) is 6.94. The molecular formula is C25H38ClN5O3. The van der Waals surface area contributed by atoms with Crippen LogP contribution in [0.15, 0.2) is 12.1 Å². The summed E-state index contributed by atoms with van der Waals surface area (Å²) in [6.45, 7) is 5.26. The Bertz CT molecular complexity index is 999. The van der Waals surface area contributed by atoms with Crippen molar-refractivity contribution in [2.75, 3.05) is 39.8 Å². The van der Waals surface area contributed by atoms with Crippen molar-refractivity contribution < 1.29 is 14.3 Å².